The summed E-state index contributed by atoms with van der Waals surface area (Å²) in [7, 11) is 0. The molecule has 1 aliphatic heterocycles. The number of halogens is 3. The molecule has 1 heterocycles. The number of ether oxygens (including phenoxy) is 2. The van der Waals surface area contributed by atoms with Crippen LogP contribution in [0.4, 0.5) is 13.2 Å². The van der Waals surface area contributed by atoms with Gasteiger partial charge in [-0.25, -0.2) is 0 Å². The van der Waals surface area contributed by atoms with Crippen molar-refractivity contribution in [3.63, 3.8) is 0 Å². The zero-order chi connectivity index (χ0) is 20.1. The minimum atomic E-state index is -4.73. The van der Waals surface area contributed by atoms with Crippen LogP contribution in [0.25, 0.3) is 0 Å². The number of para-hydroxylation sites is 1. The van der Waals surface area contributed by atoms with E-state index in [1.165, 1.54) is 12.1 Å². The van der Waals surface area contributed by atoms with Gasteiger partial charge in [0.2, 0.25) is 5.91 Å². The Morgan fingerprint density at radius 3 is 2.54 bits per heavy atom. The van der Waals surface area contributed by atoms with E-state index in [2.05, 4.69) is 4.74 Å². The van der Waals surface area contributed by atoms with E-state index in [4.69, 9.17) is 4.74 Å². The zero-order valence-electron chi connectivity index (χ0n) is 15.2. The van der Waals surface area contributed by atoms with Gasteiger partial charge in [0.05, 0.1) is 6.61 Å². The molecule has 1 amide bonds. The summed E-state index contributed by atoms with van der Waals surface area (Å²) in [4.78, 5) is 14.3. The third kappa shape index (κ3) is 5.13. The number of hydrogen-bond acceptors (Lipinski definition) is 4. The van der Waals surface area contributed by atoms with Crippen LogP contribution in [-0.4, -0.2) is 29.5 Å². The molecule has 1 aliphatic rings. The van der Waals surface area contributed by atoms with E-state index >= 15 is 0 Å². The van der Waals surface area contributed by atoms with Gasteiger partial charge in [-0.1, -0.05) is 30.3 Å². The lowest BCUT2D eigenvalue weighted by molar-refractivity contribution is -0.274. The fourth-order valence-electron chi connectivity index (χ4n) is 3.02. The number of nitrogens with zero attached hydrogens (tertiary/aromatic N) is 1. The highest BCUT2D eigenvalue weighted by Crippen LogP contribution is 2.42. The Bertz CT molecular complexity index is 811. The predicted molar refractivity (Wildman–Crippen MR) is 101 cm³/mol. The first-order valence-electron chi connectivity index (χ1n) is 8.85. The molecule has 1 fully saturated rings. The highest BCUT2D eigenvalue weighted by molar-refractivity contribution is 7.99. The molecule has 0 aliphatic carbocycles. The molecule has 28 heavy (non-hydrogen) atoms. The molecule has 3 rings (SSSR count). The number of benzene rings is 2. The number of alkyl halides is 3. The zero-order valence-corrected chi connectivity index (χ0v) is 16.1. The van der Waals surface area contributed by atoms with Crippen molar-refractivity contribution in [3.8, 4) is 11.5 Å². The molecule has 1 saturated heterocycles. The molecule has 0 spiro atoms. The van der Waals surface area contributed by atoms with Gasteiger partial charge in [-0.2, -0.15) is 0 Å². The summed E-state index contributed by atoms with van der Waals surface area (Å²) in [5, 5.41) is -0.213. The summed E-state index contributed by atoms with van der Waals surface area (Å²) < 4.78 is 46.6. The fraction of sp³-hybridized carbons (Fsp3) is 0.350. The van der Waals surface area contributed by atoms with Crippen molar-refractivity contribution in [1.82, 2.24) is 4.90 Å². The quantitative estimate of drug-likeness (QED) is 0.659. The molecule has 1 atom stereocenters. The SMILES string of the molecule is CCOc1ccccc1C1SCCC(=O)N1Cc1ccc(OC(F)(F)F)cc1. The fourth-order valence-corrected chi connectivity index (χ4v) is 4.28. The maximum atomic E-state index is 12.6. The molecule has 8 heteroatoms. The highest BCUT2D eigenvalue weighted by atomic mass is 32.2. The van der Waals surface area contributed by atoms with Gasteiger partial charge in [0.25, 0.3) is 0 Å². The van der Waals surface area contributed by atoms with Crippen LogP contribution in [0.1, 0.15) is 29.8 Å². The van der Waals surface area contributed by atoms with Gasteiger partial charge in [0.15, 0.2) is 0 Å². The summed E-state index contributed by atoms with van der Waals surface area (Å²) >= 11 is 1.65. The molecule has 4 nitrogen and oxygen atoms in total. The maximum absolute atomic E-state index is 12.6. The van der Waals surface area contributed by atoms with E-state index < -0.39 is 6.36 Å². The molecule has 0 aromatic heterocycles. The molecule has 1 unspecified atom stereocenters. The Hall–Kier alpha value is -2.35. The number of carbonyl (C=O) groups excluding carboxylic acids is 1. The smallest absolute Gasteiger partial charge is 0.493 e. The Labute approximate surface area is 165 Å². The average Bonchev–Trinajstić information content (AvgIpc) is 2.64. The van der Waals surface area contributed by atoms with Gasteiger partial charge in [-0.3, -0.25) is 4.79 Å². The second-order valence-electron chi connectivity index (χ2n) is 6.16. The van der Waals surface area contributed by atoms with Crippen LogP contribution in [0.5, 0.6) is 11.5 Å². The van der Waals surface area contributed by atoms with Crippen molar-refractivity contribution in [2.45, 2.75) is 31.6 Å². The van der Waals surface area contributed by atoms with E-state index in [1.54, 1.807) is 28.8 Å². The van der Waals surface area contributed by atoms with Gasteiger partial charge >= 0.3 is 6.36 Å². The van der Waals surface area contributed by atoms with Crippen molar-refractivity contribution in [2.24, 2.45) is 0 Å². The monoisotopic (exact) mass is 411 g/mol. The van der Waals surface area contributed by atoms with Gasteiger partial charge in [-0.15, -0.1) is 24.9 Å². The van der Waals surface area contributed by atoms with E-state index in [0.717, 1.165) is 16.9 Å². The van der Waals surface area contributed by atoms with Crippen LogP contribution < -0.4 is 9.47 Å². The minimum Gasteiger partial charge on any atom is -0.493 e. The number of amides is 1. The van der Waals surface area contributed by atoms with E-state index in [-0.39, 0.29) is 17.0 Å². The molecule has 2 aromatic carbocycles. The molecule has 0 N–H and O–H groups in total. The lowest BCUT2D eigenvalue weighted by atomic mass is 10.1. The summed E-state index contributed by atoms with van der Waals surface area (Å²) in [5.74, 6) is 1.16. The molecule has 2 aromatic rings. The van der Waals surface area contributed by atoms with E-state index in [1.807, 2.05) is 31.2 Å². The predicted octanol–water partition coefficient (Wildman–Crippen LogP) is 5.15. The largest absolute Gasteiger partial charge is 0.573 e. The van der Waals surface area contributed by atoms with Crippen LogP contribution in [0.3, 0.4) is 0 Å². The van der Waals surface area contributed by atoms with Crippen molar-refractivity contribution < 1.29 is 27.4 Å². The van der Waals surface area contributed by atoms with E-state index in [9.17, 15) is 18.0 Å². The topological polar surface area (TPSA) is 38.8 Å². The van der Waals surface area contributed by atoms with Crippen LogP contribution in [0.15, 0.2) is 48.5 Å². The lowest BCUT2D eigenvalue weighted by Crippen LogP contribution is -2.36. The summed E-state index contributed by atoms with van der Waals surface area (Å²) in [6.45, 7) is 2.71. The van der Waals surface area contributed by atoms with Gasteiger partial charge in [0.1, 0.15) is 16.9 Å². The standard InChI is InChI=1S/C20H20F3NO3S/c1-2-26-17-6-4-3-5-16(17)19-24(18(25)11-12-28-19)13-14-7-9-15(10-8-14)27-20(21,22)23/h3-10,19H,2,11-13H2,1H3. The number of hydrogen-bond donors (Lipinski definition) is 0. The summed E-state index contributed by atoms with van der Waals surface area (Å²) in [6.07, 6.45) is -4.30. The van der Waals surface area contributed by atoms with Crippen molar-refractivity contribution >= 4 is 17.7 Å². The summed E-state index contributed by atoms with van der Waals surface area (Å²) in [5.41, 5.74) is 1.64. The Morgan fingerprint density at radius 1 is 1.14 bits per heavy atom. The lowest BCUT2D eigenvalue weighted by Gasteiger charge is -2.36. The van der Waals surface area contributed by atoms with Gasteiger partial charge in [-0.05, 0) is 30.7 Å². The first-order chi connectivity index (χ1) is 13.4. The third-order valence-electron chi connectivity index (χ3n) is 4.19. The first kappa shape index (κ1) is 20.4. The summed E-state index contributed by atoms with van der Waals surface area (Å²) in [6, 6.07) is 13.2. The molecule has 0 radical (unpaired) electrons. The number of rotatable bonds is 6. The van der Waals surface area contributed by atoms with Crippen molar-refractivity contribution in [3.05, 3.63) is 59.7 Å². The maximum Gasteiger partial charge on any atom is 0.573 e. The average molecular weight is 411 g/mol. The molecular formula is C20H20F3NO3S. The molecule has 150 valence electrons. The third-order valence-corrected chi connectivity index (χ3v) is 5.45. The first-order valence-corrected chi connectivity index (χ1v) is 9.89. The van der Waals surface area contributed by atoms with Gasteiger partial charge < -0.3 is 14.4 Å². The van der Waals surface area contributed by atoms with Crippen LogP contribution in [0, 0.1) is 0 Å². The normalized spacial score (nSPS) is 17.5. The number of thioether (sulfide) groups is 1. The molecular weight excluding hydrogens is 391 g/mol. The highest BCUT2D eigenvalue weighted by Gasteiger charge is 2.32. The Balaban J connectivity index is 1.81. The van der Waals surface area contributed by atoms with Crippen LogP contribution in [-0.2, 0) is 11.3 Å². The minimum absolute atomic E-state index is 0.00525. The van der Waals surface area contributed by atoms with Crippen molar-refractivity contribution in [1.29, 1.82) is 0 Å². The van der Waals surface area contributed by atoms with E-state index in [0.29, 0.717) is 25.3 Å². The van der Waals surface area contributed by atoms with Crippen LogP contribution >= 0.6 is 11.8 Å². The Kier molecular flexibility index (Phi) is 6.39. The number of carbonyl (C=O) groups is 1. The van der Waals surface area contributed by atoms with Crippen LogP contribution in [0.2, 0.25) is 0 Å². The second-order valence-corrected chi connectivity index (χ2v) is 7.35. The molecule has 0 saturated carbocycles. The molecule has 0 bridgehead atoms. The second kappa shape index (κ2) is 8.77. The Morgan fingerprint density at radius 2 is 1.86 bits per heavy atom. The van der Waals surface area contributed by atoms with Gasteiger partial charge in [0, 0.05) is 24.3 Å². The van der Waals surface area contributed by atoms with Crippen molar-refractivity contribution in [2.75, 3.05) is 12.4 Å².